The zero-order valence-electron chi connectivity index (χ0n) is 9.98. The van der Waals surface area contributed by atoms with Crippen molar-refractivity contribution >= 4 is 11.7 Å². The summed E-state index contributed by atoms with van der Waals surface area (Å²) >= 11 is 0. The zero-order chi connectivity index (χ0) is 12.8. The second-order valence-corrected chi connectivity index (χ2v) is 3.38. The van der Waals surface area contributed by atoms with Crippen molar-refractivity contribution in [3.63, 3.8) is 0 Å². The molecule has 1 rings (SSSR count). The fourth-order valence-electron chi connectivity index (χ4n) is 1.36. The molecule has 0 amide bonds. The number of methoxy groups -OCH3 is 2. The van der Waals surface area contributed by atoms with Crippen molar-refractivity contribution in [2.24, 2.45) is 0 Å². The molecule has 0 saturated heterocycles. The Bertz CT molecular complexity index is 480. The quantitative estimate of drug-likeness (QED) is 0.346. The average Bonchev–Trinajstić information content (AvgIpc) is 2.36. The standard InChI is InChI=1S/C13H13NO3/c1-9-4-6-10(7-5-9)12(16-2)11(8-14)13(15)17-3/h4-7H,1-3H3/b12-11-. The van der Waals surface area contributed by atoms with Crippen LogP contribution in [-0.4, -0.2) is 20.2 Å². The van der Waals surface area contributed by atoms with Gasteiger partial charge in [0.05, 0.1) is 14.2 Å². The number of nitriles is 1. The summed E-state index contributed by atoms with van der Waals surface area (Å²) in [5.74, 6) is -0.482. The number of hydrogen-bond donors (Lipinski definition) is 0. The van der Waals surface area contributed by atoms with Crippen LogP contribution in [0.1, 0.15) is 11.1 Å². The van der Waals surface area contributed by atoms with Gasteiger partial charge in [0.15, 0.2) is 11.3 Å². The number of carbonyl (C=O) groups is 1. The third kappa shape index (κ3) is 2.85. The summed E-state index contributed by atoms with van der Waals surface area (Å²) in [6, 6.07) is 9.12. The van der Waals surface area contributed by atoms with Crippen molar-refractivity contribution in [3.05, 3.63) is 41.0 Å². The van der Waals surface area contributed by atoms with E-state index in [1.807, 2.05) is 19.1 Å². The van der Waals surface area contributed by atoms with Gasteiger partial charge in [-0.3, -0.25) is 0 Å². The second kappa shape index (κ2) is 5.71. The molecular formula is C13H13NO3. The van der Waals surface area contributed by atoms with Crippen molar-refractivity contribution in [2.45, 2.75) is 6.92 Å². The molecule has 0 bridgehead atoms. The van der Waals surface area contributed by atoms with Crippen molar-refractivity contribution in [3.8, 4) is 6.07 Å². The molecule has 0 saturated carbocycles. The SMILES string of the molecule is COC(=O)/C(C#N)=C(\OC)c1ccc(C)cc1. The maximum Gasteiger partial charge on any atom is 0.352 e. The molecule has 0 atom stereocenters. The molecular weight excluding hydrogens is 218 g/mol. The molecule has 17 heavy (non-hydrogen) atoms. The summed E-state index contributed by atoms with van der Waals surface area (Å²) in [5, 5.41) is 8.96. The summed E-state index contributed by atoms with van der Waals surface area (Å²) in [7, 11) is 2.64. The average molecular weight is 231 g/mol. The van der Waals surface area contributed by atoms with Gasteiger partial charge in [0.2, 0.25) is 0 Å². The van der Waals surface area contributed by atoms with E-state index in [9.17, 15) is 4.79 Å². The predicted molar refractivity (Wildman–Crippen MR) is 62.7 cm³/mol. The Labute approximate surface area is 100 Å². The topological polar surface area (TPSA) is 59.3 Å². The summed E-state index contributed by atoms with van der Waals surface area (Å²) in [5.41, 5.74) is 1.61. The molecule has 0 aromatic heterocycles. The lowest BCUT2D eigenvalue weighted by Gasteiger charge is -2.08. The van der Waals surface area contributed by atoms with E-state index in [1.165, 1.54) is 14.2 Å². The first-order chi connectivity index (χ1) is 8.13. The van der Waals surface area contributed by atoms with Crippen LogP contribution in [0.4, 0.5) is 0 Å². The Kier molecular flexibility index (Phi) is 4.29. The summed E-state index contributed by atoms with van der Waals surface area (Å²) in [6.07, 6.45) is 0. The first kappa shape index (κ1) is 12.8. The smallest absolute Gasteiger partial charge is 0.352 e. The van der Waals surface area contributed by atoms with E-state index < -0.39 is 5.97 Å². The van der Waals surface area contributed by atoms with E-state index in [0.717, 1.165) is 5.56 Å². The van der Waals surface area contributed by atoms with E-state index in [2.05, 4.69) is 4.74 Å². The van der Waals surface area contributed by atoms with E-state index in [0.29, 0.717) is 5.56 Å². The van der Waals surface area contributed by atoms with Crippen LogP contribution < -0.4 is 0 Å². The number of esters is 1. The minimum atomic E-state index is -0.704. The zero-order valence-corrected chi connectivity index (χ0v) is 9.98. The largest absolute Gasteiger partial charge is 0.494 e. The molecule has 0 aliphatic carbocycles. The van der Waals surface area contributed by atoms with Gasteiger partial charge in [-0.15, -0.1) is 0 Å². The van der Waals surface area contributed by atoms with Crippen LogP contribution >= 0.6 is 0 Å². The second-order valence-electron chi connectivity index (χ2n) is 3.38. The van der Waals surface area contributed by atoms with Crippen molar-refractivity contribution in [1.29, 1.82) is 5.26 Å². The molecule has 0 radical (unpaired) electrons. The summed E-state index contributed by atoms with van der Waals surface area (Å²) in [6.45, 7) is 1.95. The molecule has 0 aliphatic rings. The summed E-state index contributed by atoms with van der Waals surface area (Å²) < 4.78 is 9.64. The van der Waals surface area contributed by atoms with E-state index in [-0.39, 0.29) is 11.3 Å². The van der Waals surface area contributed by atoms with Crippen molar-refractivity contribution < 1.29 is 14.3 Å². The van der Waals surface area contributed by atoms with Crippen LogP contribution in [0.15, 0.2) is 29.8 Å². The predicted octanol–water partition coefficient (Wildman–Crippen LogP) is 2.05. The maximum absolute atomic E-state index is 11.4. The van der Waals surface area contributed by atoms with Crippen LogP contribution in [0.3, 0.4) is 0 Å². The Morgan fingerprint density at radius 2 is 1.76 bits per heavy atom. The lowest BCUT2D eigenvalue weighted by Crippen LogP contribution is -2.07. The molecule has 0 heterocycles. The summed E-state index contributed by atoms with van der Waals surface area (Å²) in [4.78, 5) is 11.4. The molecule has 4 heteroatoms. The number of nitrogens with zero attached hydrogens (tertiary/aromatic N) is 1. The number of rotatable bonds is 3. The van der Waals surface area contributed by atoms with Gasteiger partial charge in [-0.2, -0.15) is 5.26 Å². The van der Waals surface area contributed by atoms with Crippen LogP contribution in [0.25, 0.3) is 5.76 Å². The highest BCUT2D eigenvalue weighted by atomic mass is 16.5. The highest BCUT2D eigenvalue weighted by Crippen LogP contribution is 2.20. The van der Waals surface area contributed by atoms with E-state index >= 15 is 0 Å². The molecule has 0 N–H and O–H groups in total. The molecule has 1 aromatic rings. The van der Waals surface area contributed by atoms with Gasteiger partial charge < -0.3 is 9.47 Å². The number of ether oxygens (including phenoxy) is 2. The fourth-order valence-corrected chi connectivity index (χ4v) is 1.36. The van der Waals surface area contributed by atoms with Crippen LogP contribution in [0.5, 0.6) is 0 Å². The van der Waals surface area contributed by atoms with Gasteiger partial charge in [0.25, 0.3) is 0 Å². The Hall–Kier alpha value is -2.28. The van der Waals surface area contributed by atoms with Gasteiger partial charge in [-0.25, -0.2) is 4.79 Å². The first-order valence-corrected chi connectivity index (χ1v) is 4.97. The minimum Gasteiger partial charge on any atom is -0.494 e. The van der Waals surface area contributed by atoms with Crippen molar-refractivity contribution in [2.75, 3.05) is 14.2 Å². The third-order valence-electron chi connectivity index (χ3n) is 2.25. The minimum absolute atomic E-state index is 0.140. The first-order valence-electron chi connectivity index (χ1n) is 4.97. The van der Waals surface area contributed by atoms with Crippen molar-refractivity contribution in [1.82, 2.24) is 0 Å². The van der Waals surface area contributed by atoms with E-state index in [4.69, 9.17) is 10.00 Å². The van der Waals surface area contributed by atoms with E-state index in [1.54, 1.807) is 18.2 Å². The lowest BCUT2D eigenvalue weighted by molar-refractivity contribution is -0.135. The fraction of sp³-hybridized carbons (Fsp3) is 0.231. The lowest BCUT2D eigenvalue weighted by atomic mass is 10.1. The molecule has 4 nitrogen and oxygen atoms in total. The highest BCUT2D eigenvalue weighted by Gasteiger charge is 2.18. The van der Waals surface area contributed by atoms with Crippen LogP contribution in [0.2, 0.25) is 0 Å². The molecule has 1 aromatic carbocycles. The number of aryl methyl sites for hydroxylation is 1. The third-order valence-corrected chi connectivity index (χ3v) is 2.25. The molecule has 88 valence electrons. The Balaban J connectivity index is 3.30. The molecule has 0 aliphatic heterocycles. The van der Waals surface area contributed by atoms with Gasteiger partial charge in [-0.05, 0) is 6.92 Å². The number of carbonyl (C=O) groups excluding carboxylic acids is 1. The molecule has 0 unspecified atom stereocenters. The number of benzene rings is 1. The monoisotopic (exact) mass is 231 g/mol. The normalized spacial score (nSPS) is 11.2. The van der Waals surface area contributed by atoms with Crippen LogP contribution in [0, 0.1) is 18.3 Å². The Morgan fingerprint density at radius 3 is 2.18 bits per heavy atom. The molecule has 0 spiro atoms. The molecule has 0 fully saturated rings. The van der Waals surface area contributed by atoms with Crippen LogP contribution in [-0.2, 0) is 14.3 Å². The Morgan fingerprint density at radius 1 is 1.18 bits per heavy atom. The number of hydrogen-bond acceptors (Lipinski definition) is 4. The van der Waals surface area contributed by atoms with Gasteiger partial charge in [-0.1, -0.05) is 29.8 Å². The van der Waals surface area contributed by atoms with Gasteiger partial charge in [0.1, 0.15) is 6.07 Å². The van der Waals surface area contributed by atoms with Gasteiger partial charge in [0, 0.05) is 5.56 Å². The maximum atomic E-state index is 11.4. The van der Waals surface area contributed by atoms with Gasteiger partial charge >= 0.3 is 5.97 Å². The highest BCUT2D eigenvalue weighted by molar-refractivity contribution is 6.00.